The molecule has 0 saturated heterocycles. The second kappa shape index (κ2) is 3.76. The maximum atomic E-state index is 4.36. The van der Waals surface area contributed by atoms with Gasteiger partial charge in [0.1, 0.15) is 0 Å². The number of aryl methyl sites for hydroxylation is 1. The van der Waals surface area contributed by atoms with Crippen molar-refractivity contribution >= 4 is 0 Å². The predicted molar refractivity (Wildman–Crippen MR) is 68.5 cm³/mol. The molecular formula is C16H20. The summed E-state index contributed by atoms with van der Waals surface area (Å²) in [6.07, 6.45) is 9.26. The van der Waals surface area contributed by atoms with E-state index in [9.17, 15) is 0 Å². The smallest absolute Gasteiger partial charge is 0.00472 e. The lowest BCUT2D eigenvalue weighted by Gasteiger charge is -2.43. The lowest BCUT2D eigenvalue weighted by molar-refractivity contribution is 0.239. The van der Waals surface area contributed by atoms with Crippen molar-refractivity contribution in [1.82, 2.24) is 0 Å². The molecule has 0 aliphatic heterocycles. The van der Waals surface area contributed by atoms with Crippen molar-refractivity contribution in [2.75, 3.05) is 0 Å². The minimum atomic E-state index is 0.465. The summed E-state index contributed by atoms with van der Waals surface area (Å²) >= 11 is 0. The number of rotatable bonds is 0. The molecule has 0 N–H and O–H groups in total. The maximum Gasteiger partial charge on any atom is -0.00472 e. The zero-order valence-electron chi connectivity index (χ0n) is 9.97. The fourth-order valence-corrected chi connectivity index (χ4v) is 3.56. The molecule has 1 fully saturated rings. The molecule has 1 aromatic carbocycles. The Hall–Kier alpha value is -1.04. The summed E-state index contributed by atoms with van der Waals surface area (Å²) in [5.74, 6) is 0. The van der Waals surface area contributed by atoms with Gasteiger partial charge in [0.15, 0.2) is 0 Å². The number of hydrogen-bond acceptors (Lipinski definition) is 0. The highest BCUT2D eigenvalue weighted by molar-refractivity contribution is 5.34. The summed E-state index contributed by atoms with van der Waals surface area (Å²) in [7, 11) is 0. The first-order valence-electron chi connectivity index (χ1n) is 6.55. The largest absolute Gasteiger partial charge is 0.0993 e. The van der Waals surface area contributed by atoms with Crippen LogP contribution < -0.4 is 0 Å². The fraction of sp³-hybridized carbons (Fsp3) is 0.500. The van der Waals surface area contributed by atoms with Gasteiger partial charge < -0.3 is 0 Å². The molecule has 0 bridgehead atoms. The Labute approximate surface area is 98.4 Å². The molecule has 2 aliphatic carbocycles. The van der Waals surface area contributed by atoms with Gasteiger partial charge in [-0.15, -0.1) is 0 Å². The van der Waals surface area contributed by atoms with Crippen LogP contribution in [-0.2, 0) is 12.8 Å². The summed E-state index contributed by atoms with van der Waals surface area (Å²) in [5.41, 5.74) is 5.16. The third-order valence-corrected chi connectivity index (χ3v) is 4.65. The van der Waals surface area contributed by atoms with Gasteiger partial charge in [-0.05, 0) is 55.1 Å². The molecule has 0 heterocycles. The van der Waals surface area contributed by atoms with Crippen LogP contribution in [0.5, 0.6) is 0 Å². The third-order valence-electron chi connectivity index (χ3n) is 4.65. The zero-order valence-corrected chi connectivity index (χ0v) is 9.97. The van der Waals surface area contributed by atoms with Crippen LogP contribution in [0.3, 0.4) is 0 Å². The van der Waals surface area contributed by atoms with E-state index in [0.29, 0.717) is 5.41 Å². The summed E-state index contributed by atoms with van der Waals surface area (Å²) < 4.78 is 0. The van der Waals surface area contributed by atoms with E-state index in [4.69, 9.17) is 0 Å². The predicted octanol–water partition coefficient (Wildman–Crippen LogP) is 4.29. The van der Waals surface area contributed by atoms with Crippen LogP contribution >= 0.6 is 0 Å². The van der Waals surface area contributed by atoms with Gasteiger partial charge in [-0.2, -0.15) is 0 Å². The normalized spacial score (nSPS) is 29.1. The van der Waals surface area contributed by atoms with E-state index in [1.165, 1.54) is 50.5 Å². The quantitative estimate of drug-likeness (QED) is 0.563. The first-order chi connectivity index (χ1) is 7.80. The molecule has 1 spiro atoms. The summed E-state index contributed by atoms with van der Waals surface area (Å²) in [6.45, 7) is 4.36. The highest BCUT2D eigenvalue weighted by Crippen LogP contribution is 2.48. The Kier molecular flexibility index (Phi) is 2.38. The summed E-state index contributed by atoms with van der Waals surface area (Å²) in [5, 5.41) is 0. The number of hydrogen-bond donors (Lipinski definition) is 0. The van der Waals surface area contributed by atoms with Crippen LogP contribution in [0.4, 0.5) is 0 Å². The van der Waals surface area contributed by atoms with E-state index in [-0.39, 0.29) is 0 Å². The number of allylic oxidation sites excluding steroid dienone is 1. The Bertz CT molecular complexity index is 416. The third kappa shape index (κ3) is 1.52. The maximum absolute atomic E-state index is 4.36. The number of fused-ring (bicyclic) bond motifs is 1. The van der Waals surface area contributed by atoms with E-state index >= 15 is 0 Å². The molecule has 2 aliphatic rings. The average Bonchev–Trinajstić information content (AvgIpc) is 2.33. The Morgan fingerprint density at radius 3 is 2.56 bits per heavy atom. The van der Waals surface area contributed by atoms with Gasteiger partial charge >= 0.3 is 0 Å². The Morgan fingerprint density at radius 1 is 0.938 bits per heavy atom. The lowest BCUT2D eigenvalue weighted by Crippen LogP contribution is -2.32. The Morgan fingerprint density at radius 2 is 1.75 bits per heavy atom. The van der Waals surface area contributed by atoms with Gasteiger partial charge in [-0.3, -0.25) is 0 Å². The van der Waals surface area contributed by atoms with Gasteiger partial charge in [0.2, 0.25) is 0 Å². The van der Waals surface area contributed by atoms with Crippen LogP contribution in [0.2, 0.25) is 0 Å². The minimum absolute atomic E-state index is 0.465. The van der Waals surface area contributed by atoms with Crippen molar-refractivity contribution in [3.05, 3.63) is 47.5 Å². The SMILES string of the molecule is C=C1CCCCC12CCc1ccccc1C2. The van der Waals surface area contributed by atoms with Crippen molar-refractivity contribution in [2.24, 2.45) is 5.41 Å². The zero-order chi connectivity index (χ0) is 11.0. The second-order valence-corrected chi connectivity index (χ2v) is 5.54. The molecular weight excluding hydrogens is 192 g/mol. The van der Waals surface area contributed by atoms with E-state index in [1.807, 2.05) is 0 Å². The van der Waals surface area contributed by atoms with Crippen LogP contribution in [0.1, 0.15) is 43.2 Å². The summed E-state index contributed by atoms with van der Waals surface area (Å²) in [4.78, 5) is 0. The van der Waals surface area contributed by atoms with Gasteiger partial charge in [-0.1, -0.05) is 42.8 Å². The molecule has 16 heavy (non-hydrogen) atoms. The minimum Gasteiger partial charge on any atom is -0.0993 e. The van der Waals surface area contributed by atoms with Crippen molar-refractivity contribution in [3.63, 3.8) is 0 Å². The molecule has 0 amide bonds. The fourth-order valence-electron chi connectivity index (χ4n) is 3.56. The van der Waals surface area contributed by atoms with E-state index in [1.54, 1.807) is 11.1 Å². The van der Waals surface area contributed by atoms with Gasteiger partial charge in [0.05, 0.1) is 0 Å². The van der Waals surface area contributed by atoms with Gasteiger partial charge in [0, 0.05) is 0 Å². The standard InChI is InChI=1S/C16H20/c1-13-6-4-5-10-16(13)11-9-14-7-2-3-8-15(14)12-16/h2-3,7-8H,1,4-6,9-12H2. The van der Waals surface area contributed by atoms with Crippen LogP contribution in [0.25, 0.3) is 0 Å². The van der Waals surface area contributed by atoms with Crippen molar-refractivity contribution in [3.8, 4) is 0 Å². The van der Waals surface area contributed by atoms with Crippen molar-refractivity contribution in [1.29, 1.82) is 0 Å². The molecule has 3 rings (SSSR count). The lowest BCUT2D eigenvalue weighted by atomic mass is 9.62. The van der Waals surface area contributed by atoms with Gasteiger partial charge in [-0.25, -0.2) is 0 Å². The highest BCUT2D eigenvalue weighted by Gasteiger charge is 2.37. The van der Waals surface area contributed by atoms with Crippen LogP contribution in [0, 0.1) is 5.41 Å². The molecule has 0 aromatic heterocycles. The molecule has 1 atom stereocenters. The van der Waals surface area contributed by atoms with E-state index in [2.05, 4.69) is 30.8 Å². The Balaban J connectivity index is 1.94. The van der Waals surface area contributed by atoms with Crippen LogP contribution in [0.15, 0.2) is 36.4 Å². The summed E-state index contributed by atoms with van der Waals surface area (Å²) in [6, 6.07) is 8.97. The first-order valence-corrected chi connectivity index (χ1v) is 6.55. The second-order valence-electron chi connectivity index (χ2n) is 5.54. The van der Waals surface area contributed by atoms with E-state index < -0.39 is 0 Å². The van der Waals surface area contributed by atoms with Crippen molar-refractivity contribution < 1.29 is 0 Å². The molecule has 0 radical (unpaired) electrons. The molecule has 84 valence electrons. The number of benzene rings is 1. The molecule has 1 aromatic rings. The molecule has 1 saturated carbocycles. The van der Waals surface area contributed by atoms with Crippen molar-refractivity contribution in [2.45, 2.75) is 44.9 Å². The van der Waals surface area contributed by atoms with Crippen LogP contribution in [-0.4, -0.2) is 0 Å². The van der Waals surface area contributed by atoms with Gasteiger partial charge in [0.25, 0.3) is 0 Å². The monoisotopic (exact) mass is 212 g/mol. The topological polar surface area (TPSA) is 0 Å². The molecule has 0 nitrogen and oxygen atoms in total. The molecule has 0 heteroatoms. The highest BCUT2D eigenvalue weighted by atomic mass is 14.4. The first kappa shape index (κ1) is 10.1. The van der Waals surface area contributed by atoms with E-state index in [0.717, 1.165) is 0 Å². The molecule has 1 unspecified atom stereocenters. The average molecular weight is 212 g/mol.